The number of piperazine rings is 1. The van der Waals surface area contributed by atoms with E-state index in [1.54, 1.807) is 0 Å². The number of nitrogens with zero attached hydrogens (tertiary/aromatic N) is 6. The van der Waals surface area contributed by atoms with Gasteiger partial charge in [0.1, 0.15) is 5.52 Å². The van der Waals surface area contributed by atoms with E-state index in [4.69, 9.17) is 20.8 Å². The van der Waals surface area contributed by atoms with Gasteiger partial charge >= 0.3 is 0 Å². The van der Waals surface area contributed by atoms with Crippen LogP contribution in [0.15, 0.2) is 16.7 Å². The van der Waals surface area contributed by atoms with Crippen molar-refractivity contribution in [3.63, 3.8) is 0 Å². The van der Waals surface area contributed by atoms with Gasteiger partial charge in [-0.05, 0) is 30.3 Å². The summed E-state index contributed by atoms with van der Waals surface area (Å²) in [5.74, 6) is 0.719. The van der Waals surface area contributed by atoms with Crippen LogP contribution in [0.5, 0.6) is 0 Å². The maximum Gasteiger partial charge on any atom is 0.229 e. The number of furan rings is 1. The molecule has 0 N–H and O–H groups in total. The number of hydrogen-bond donors (Lipinski definition) is 0. The highest BCUT2D eigenvalue weighted by atomic mass is 35.5. The van der Waals surface area contributed by atoms with Gasteiger partial charge in [-0.25, -0.2) is 9.97 Å². The van der Waals surface area contributed by atoms with E-state index in [0.29, 0.717) is 24.5 Å². The highest BCUT2D eigenvalue weighted by Crippen LogP contribution is 2.33. The molecule has 2 aliphatic rings. The Morgan fingerprint density at radius 2 is 1.86 bits per heavy atom. The lowest BCUT2D eigenvalue weighted by atomic mass is 10.2. The second-order valence-corrected chi connectivity index (χ2v) is 7.81. The summed E-state index contributed by atoms with van der Waals surface area (Å²) in [4.78, 5) is 20.4. The van der Waals surface area contributed by atoms with E-state index in [9.17, 15) is 0 Å². The second-order valence-electron chi connectivity index (χ2n) is 7.47. The average Bonchev–Trinajstić information content (AvgIpc) is 3.08. The first kappa shape index (κ1) is 18.1. The number of likely N-dealkylation sites (N-methyl/N-ethyl adjacent to an activating group) is 1. The van der Waals surface area contributed by atoms with Crippen molar-refractivity contribution in [2.75, 3.05) is 64.4 Å². The fourth-order valence-electron chi connectivity index (χ4n) is 3.87. The molecule has 9 heteroatoms. The zero-order valence-corrected chi connectivity index (χ0v) is 16.7. The first-order valence-corrected chi connectivity index (χ1v) is 10.0. The Hall–Kier alpha value is -2.00. The quantitative estimate of drug-likeness (QED) is 0.616. The van der Waals surface area contributed by atoms with Crippen molar-refractivity contribution in [3.8, 4) is 0 Å². The summed E-state index contributed by atoms with van der Waals surface area (Å²) in [6, 6.07) is 2.12. The molecule has 5 heterocycles. The number of morpholine rings is 1. The van der Waals surface area contributed by atoms with Gasteiger partial charge in [0, 0.05) is 52.0 Å². The lowest BCUT2D eigenvalue weighted by Crippen LogP contribution is -2.43. The normalized spacial score (nSPS) is 19.7. The summed E-state index contributed by atoms with van der Waals surface area (Å²) in [6.07, 6.45) is 1.90. The molecule has 148 valence electrons. The summed E-state index contributed by atoms with van der Waals surface area (Å²) < 4.78 is 11.5. The second kappa shape index (κ2) is 7.44. The van der Waals surface area contributed by atoms with Crippen LogP contribution < -0.4 is 4.90 Å². The Labute approximate surface area is 168 Å². The molecule has 0 atom stereocenters. The van der Waals surface area contributed by atoms with E-state index in [-0.39, 0.29) is 5.28 Å². The Kier molecular flexibility index (Phi) is 4.80. The maximum atomic E-state index is 6.25. The predicted molar refractivity (Wildman–Crippen MR) is 108 cm³/mol. The summed E-state index contributed by atoms with van der Waals surface area (Å²) in [5, 5.41) is 1.11. The van der Waals surface area contributed by atoms with E-state index >= 15 is 0 Å². The summed E-state index contributed by atoms with van der Waals surface area (Å²) >= 11 is 6.25. The van der Waals surface area contributed by atoms with E-state index in [2.05, 4.69) is 42.8 Å². The molecule has 2 fully saturated rings. The number of anilines is 1. The molecule has 28 heavy (non-hydrogen) atoms. The van der Waals surface area contributed by atoms with Gasteiger partial charge in [-0.1, -0.05) is 0 Å². The average molecular weight is 403 g/mol. The predicted octanol–water partition coefficient (Wildman–Crippen LogP) is 2.01. The zero-order chi connectivity index (χ0) is 19.1. The molecular weight excluding hydrogens is 380 g/mol. The van der Waals surface area contributed by atoms with Crippen molar-refractivity contribution in [1.82, 2.24) is 24.8 Å². The number of hydrogen-bond acceptors (Lipinski definition) is 8. The summed E-state index contributed by atoms with van der Waals surface area (Å²) in [7, 11) is 2.16. The van der Waals surface area contributed by atoms with Crippen LogP contribution in [0.3, 0.4) is 0 Å². The van der Waals surface area contributed by atoms with Gasteiger partial charge in [0.25, 0.3) is 0 Å². The number of fused-ring (bicyclic) bond motifs is 3. The molecule has 0 bridgehead atoms. The first-order chi connectivity index (χ1) is 13.7. The zero-order valence-electron chi connectivity index (χ0n) is 15.9. The van der Waals surface area contributed by atoms with Crippen LogP contribution in [0.25, 0.3) is 22.2 Å². The van der Waals surface area contributed by atoms with Crippen molar-refractivity contribution in [3.05, 3.63) is 23.1 Å². The Bertz CT molecular complexity index is 995. The highest BCUT2D eigenvalue weighted by Gasteiger charge is 2.22. The van der Waals surface area contributed by atoms with Gasteiger partial charge in [0.15, 0.2) is 11.4 Å². The number of pyridine rings is 1. The fourth-order valence-corrected chi connectivity index (χ4v) is 4.04. The minimum Gasteiger partial charge on any atom is -0.432 e. The molecule has 8 nitrogen and oxygen atoms in total. The molecule has 0 radical (unpaired) electrons. The molecule has 2 aliphatic heterocycles. The number of rotatable bonds is 3. The van der Waals surface area contributed by atoms with E-state index in [0.717, 1.165) is 68.1 Å². The van der Waals surface area contributed by atoms with Gasteiger partial charge in [-0.2, -0.15) is 4.98 Å². The molecular formula is C19H23ClN6O2. The van der Waals surface area contributed by atoms with Crippen molar-refractivity contribution >= 4 is 39.6 Å². The summed E-state index contributed by atoms with van der Waals surface area (Å²) in [5.41, 5.74) is 3.10. The van der Waals surface area contributed by atoms with Crippen molar-refractivity contribution in [2.24, 2.45) is 0 Å². The minimum absolute atomic E-state index is 0.223. The Balaban J connectivity index is 1.52. The van der Waals surface area contributed by atoms with Gasteiger partial charge in [0.05, 0.1) is 18.6 Å². The molecule has 0 aromatic carbocycles. The largest absolute Gasteiger partial charge is 0.432 e. The first-order valence-electron chi connectivity index (χ1n) is 9.65. The summed E-state index contributed by atoms with van der Waals surface area (Å²) in [6.45, 7) is 8.02. The van der Waals surface area contributed by atoms with Crippen LogP contribution in [0.1, 0.15) is 5.56 Å². The molecule has 3 aromatic heterocycles. The topological polar surface area (TPSA) is 70.8 Å². The third-order valence-corrected chi connectivity index (χ3v) is 5.66. The smallest absolute Gasteiger partial charge is 0.229 e. The molecule has 0 saturated carbocycles. The molecule has 3 aromatic rings. The van der Waals surface area contributed by atoms with E-state index < -0.39 is 0 Å². The standard InChI is InChI=1S/C19H23ClN6O2/c1-24-2-4-25(5-3-24)12-13-10-14-15-16(28-18(14)21-11-13)17(23-19(20)22-15)26-6-8-27-9-7-26/h10-11H,2-9,12H2,1H3. The van der Waals surface area contributed by atoms with Crippen LogP contribution in [0, 0.1) is 0 Å². The van der Waals surface area contributed by atoms with Gasteiger partial charge in [0.2, 0.25) is 11.0 Å². The van der Waals surface area contributed by atoms with Crippen molar-refractivity contribution < 1.29 is 9.15 Å². The molecule has 5 rings (SSSR count). The lowest BCUT2D eigenvalue weighted by molar-refractivity contribution is 0.122. The fraction of sp³-hybridized carbons (Fsp3) is 0.526. The van der Waals surface area contributed by atoms with Crippen LogP contribution in [0.2, 0.25) is 5.28 Å². The van der Waals surface area contributed by atoms with Crippen molar-refractivity contribution in [1.29, 1.82) is 0 Å². The Morgan fingerprint density at radius 3 is 2.64 bits per heavy atom. The molecule has 0 unspecified atom stereocenters. The van der Waals surface area contributed by atoms with Crippen LogP contribution >= 0.6 is 11.6 Å². The maximum absolute atomic E-state index is 6.25. The van der Waals surface area contributed by atoms with Crippen LogP contribution in [0.4, 0.5) is 5.82 Å². The molecule has 0 amide bonds. The number of halogens is 1. The van der Waals surface area contributed by atoms with Crippen LogP contribution in [-0.2, 0) is 11.3 Å². The molecule has 2 saturated heterocycles. The van der Waals surface area contributed by atoms with E-state index in [1.807, 2.05) is 6.20 Å². The molecule has 0 aliphatic carbocycles. The number of aromatic nitrogens is 3. The minimum atomic E-state index is 0.223. The van der Waals surface area contributed by atoms with Crippen LogP contribution in [-0.4, -0.2) is 84.3 Å². The third-order valence-electron chi connectivity index (χ3n) is 5.49. The molecule has 0 spiro atoms. The SMILES string of the molecule is CN1CCN(Cc2cnc3oc4c(N5CCOCC5)nc(Cl)nc4c3c2)CC1. The van der Waals surface area contributed by atoms with Gasteiger partial charge < -0.3 is 19.0 Å². The van der Waals surface area contributed by atoms with Gasteiger partial charge in [-0.3, -0.25) is 4.90 Å². The Morgan fingerprint density at radius 1 is 1.07 bits per heavy atom. The lowest BCUT2D eigenvalue weighted by Gasteiger charge is -2.32. The van der Waals surface area contributed by atoms with Crippen molar-refractivity contribution in [2.45, 2.75) is 6.54 Å². The number of ether oxygens (including phenoxy) is 1. The van der Waals surface area contributed by atoms with E-state index in [1.165, 1.54) is 0 Å². The third kappa shape index (κ3) is 3.41. The van der Waals surface area contributed by atoms with Gasteiger partial charge in [-0.15, -0.1) is 0 Å². The monoisotopic (exact) mass is 402 g/mol. The highest BCUT2D eigenvalue weighted by molar-refractivity contribution is 6.29.